The molecule has 10 heteroatoms. The molecule has 0 aliphatic carbocycles. The standard InChI is InChI=1S/C23H15Cl2N3O3S2/c24-14-11-15(25)17(10-13(14)22-26-16-3-1-2-4-20(16)33-22)27-23(32)28-21(29)12-5-6-18-19(9-12)31-8-7-30-18/h1-6,9-11H,7-8H2,(H2,27,28,29,32). The van der Waals surface area contributed by atoms with Crippen LogP contribution in [0.2, 0.25) is 10.0 Å². The van der Waals surface area contributed by atoms with Crippen LogP contribution in [0.15, 0.2) is 54.6 Å². The molecule has 33 heavy (non-hydrogen) atoms. The quantitative estimate of drug-likeness (QED) is 0.318. The Hall–Kier alpha value is -2.91. The summed E-state index contributed by atoms with van der Waals surface area (Å²) in [7, 11) is 0. The lowest BCUT2D eigenvalue weighted by molar-refractivity contribution is 0.0976. The predicted octanol–water partition coefficient (Wildman–Crippen LogP) is 6.17. The van der Waals surface area contributed by atoms with Gasteiger partial charge in [-0.3, -0.25) is 10.1 Å². The van der Waals surface area contributed by atoms with Gasteiger partial charge in [0.05, 0.1) is 25.9 Å². The number of carbonyl (C=O) groups is 1. The van der Waals surface area contributed by atoms with Crippen molar-refractivity contribution in [3.8, 4) is 22.1 Å². The summed E-state index contributed by atoms with van der Waals surface area (Å²) in [5, 5.41) is 7.31. The number of anilines is 1. The molecular weight excluding hydrogens is 501 g/mol. The Bertz CT molecular complexity index is 1370. The van der Waals surface area contributed by atoms with Crippen molar-refractivity contribution in [2.75, 3.05) is 18.5 Å². The van der Waals surface area contributed by atoms with Crippen molar-refractivity contribution in [3.63, 3.8) is 0 Å². The maximum atomic E-state index is 12.7. The highest BCUT2D eigenvalue weighted by Crippen LogP contribution is 2.39. The van der Waals surface area contributed by atoms with E-state index >= 15 is 0 Å². The second-order valence-electron chi connectivity index (χ2n) is 7.07. The number of thiocarbonyl (C=S) groups is 1. The molecule has 5 rings (SSSR count). The van der Waals surface area contributed by atoms with Gasteiger partial charge in [-0.25, -0.2) is 4.98 Å². The first kappa shape index (κ1) is 21.9. The molecule has 1 aliphatic heterocycles. The molecular formula is C23H15Cl2N3O3S2. The number of nitrogens with one attached hydrogen (secondary N) is 2. The third-order valence-electron chi connectivity index (χ3n) is 4.86. The van der Waals surface area contributed by atoms with Crippen LogP contribution in [-0.4, -0.2) is 29.2 Å². The first-order valence-corrected chi connectivity index (χ1v) is 11.8. The van der Waals surface area contributed by atoms with Crippen molar-refractivity contribution in [1.82, 2.24) is 10.3 Å². The van der Waals surface area contributed by atoms with Gasteiger partial charge in [0, 0.05) is 11.1 Å². The summed E-state index contributed by atoms with van der Waals surface area (Å²) < 4.78 is 12.1. The number of rotatable bonds is 3. The van der Waals surface area contributed by atoms with Gasteiger partial charge in [0.2, 0.25) is 0 Å². The monoisotopic (exact) mass is 515 g/mol. The fourth-order valence-electron chi connectivity index (χ4n) is 3.31. The number of aromatic nitrogens is 1. The van der Waals surface area contributed by atoms with Crippen molar-refractivity contribution < 1.29 is 14.3 Å². The average Bonchev–Trinajstić information content (AvgIpc) is 3.24. The van der Waals surface area contributed by atoms with Crippen LogP contribution in [0.1, 0.15) is 10.4 Å². The maximum absolute atomic E-state index is 12.7. The van der Waals surface area contributed by atoms with E-state index in [-0.39, 0.29) is 11.0 Å². The third kappa shape index (κ3) is 4.60. The molecule has 1 aromatic heterocycles. The lowest BCUT2D eigenvalue weighted by Gasteiger charge is -2.19. The zero-order chi connectivity index (χ0) is 22.9. The Balaban J connectivity index is 1.35. The molecule has 166 valence electrons. The number of benzene rings is 3. The smallest absolute Gasteiger partial charge is 0.257 e. The van der Waals surface area contributed by atoms with E-state index in [0.717, 1.165) is 15.2 Å². The number of hydrogen-bond acceptors (Lipinski definition) is 6. The summed E-state index contributed by atoms with van der Waals surface area (Å²) in [6.45, 7) is 0.914. The highest BCUT2D eigenvalue weighted by Gasteiger charge is 2.17. The predicted molar refractivity (Wildman–Crippen MR) is 136 cm³/mol. The fourth-order valence-corrected chi connectivity index (χ4v) is 5.08. The van der Waals surface area contributed by atoms with Crippen LogP contribution in [0, 0.1) is 0 Å². The van der Waals surface area contributed by atoms with Gasteiger partial charge in [0.15, 0.2) is 16.6 Å². The van der Waals surface area contributed by atoms with Crippen molar-refractivity contribution in [2.24, 2.45) is 0 Å². The van der Waals surface area contributed by atoms with Crippen LogP contribution in [0.5, 0.6) is 11.5 Å². The Labute approximate surface area is 208 Å². The number of halogens is 2. The van der Waals surface area contributed by atoms with Crippen LogP contribution in [0.3, 0.4) is 0 Å². The summed E-state index contributed by atoms with van der Waals surface area (Å²) in [4.78, 5) is 17.3. The van der Waals surface area contributed by atoms with E-state index in [2.05, 4.69) is 15.6 Å². The van der Waals surface area contributed by atoms with E-state index < -0.39 is 0 Å². The van der Waals surface area contributed by atoms with Crippen LogP contribution in [0.4, 0.5) is 5.69 Å². The molecule has 0 spiro atoms. The largest absolute Gasteiger partial charge is 0.486 e. The minimum atomic E-state index is -0.388. The maximum Gasteiger partial charge on any atom is 0.257 e. The van der Waals surface area contributed by atoms with E-state index in [0.29, 0.717) is 51.6 Å². The molecule has 0 radical (unpaired) electrons. The van der Waals surface area contributed by atoms with Crippen molar-refractivity contribution in [1.29, 1.82) is 0 Å². The van der Waals surface area contributed by atoms with Gasteiger partial charge in [-0.1, -0.05) is 35.3 Å². The SMILES string of the molecule is O=C(NC(=S)Nc1cc(-c2nc3ccccc3s2)c(Cl)cc1Cl)c1ccc2c(c1)OCCO2. The summed E-state index contributed by atoms with van der Waals surface area (Å²) in [5.74, 6) is 0.740. The van der Waals surface area contributed by atoms with Gasteiger partial charge in [0.25, 0.3) is 5.91 Å². The first-order valence-electron chi connectivity index (χ1n) is 9.85. The summed E-state index contributed by atoms with van der Waals surface area (Å²) in [6.07, 6.45) is 0. The Kier molecular flexibility index (Phi) is 6.07. The highest BCUT2D eigenvalue weighted by atomic mass is 35.5. The number of nitrogens with zero attached hydrogens (tertiary/aromatic N) is 1. The lowest BCUT2D eigenvalue weighted by atomic mass is 10.2. The Morgan fingerprint density at radius 1 is 1.00 bits per heavy atom. The van der Waals surface area contributed by atoms with E-state index in [9.17, 15) is 4.79 Å². The van der Waals surface area contributed by atoms with Crippen molar-refractivity contribution in [3.05, 3.63) is 70.2 Å². The second-order valence-corrected chi connectivity index (χ2v) is 9.32. The van der Waals surface area contributed by atoms with Crippen LogP contribution in [-0.2, 0) is 0 Å². The van der Waals surface area contributed by atoms with Crippen LogP contribution in [0.25, 0.3) is 20.8 Å². The van der Waals surface area contributed by atoms with Crippen molar-refractivity contribution in [2.45, 2.75) is 0 Å². The molecule has 0 saturated carbocycles. The van der Waals surface area contributed by atoms with Crippen LogP contribution >= 0.6 is 46.8 Å². The molecule has 1 aliphatic rings. The van der Waals surface area contributed by atoms with Gasteiger partial charge < -0.3 is 14.8 Å². The molecule has 6 nitrogen and oxygen atoms in total. The zero-order valence-electron chi connectivity index (χ0n) is 16.9. The highest BCUT2D eigenvalue weighted by molar-refractivity contribution is 7.80. The minimum Gasteiger partial charge on any atom is -0.486 e. The van der Waals surface area contributed by atoms with Gasteiger partial charge >= 0.3 is 0 Å². The molecule has 0 fully saturated rings. The third-order valence-corrected chi connectivity index (χ3v) is 6.76. The number of amides is 1. The molecule has 2 N–H and O–H groups in total. The minimum absolute atomic E-state index is 0.0920. The molecule has 0 unspecified atom stereocenters. The molecule has 0 saturated heterocycles. The van der Waals surface area contributed by atoms with Crippen LogP contribution < -0.4 is 20.1 Å². The molecule has 4 aromatic rings. The van der Waals surface area contributed by atoms with E-state index in [4.69, 9.17) is 44.9 Å². The van der Waals surface area contributed by atoms with E-state index in [1.807, 2.05) is 24.3 Å². The number of ether oxygens (including phenoxy) is 2. The fraction of sp³-hybridized carbons (Fsp3) is 0.0870. The van der Waals surface area contributed by atoms with Gasteiger partial charge in [-0.15, -0.1) is 11.3 Å². The van der Waals surface area contributed by atoms with Gasteiger partial charge in [0.1, 0.15) is 18.2 Å². The summed E-state index contributed by atoms with van der Waals surface area (Å²) in [5.41, 5.74) is 2.49. The normalized spacial score (nSPS) is 12.4. The molecule has 2 heterocycles. The van der Waals surface area contributed by atoms with Gasteiger partial charge in [-0.2, -0.15) is 0 Å². The lowest BCUT2D eigenvalue weighted by Crippen LogP contribution is -2.34. The number of thiazole rings is 1. The second kappa shape index (κ2) is 9.15. The Morgan fingerprint density at radius 2 is 1.79 bits per heavy atom. The van der Waals surface area contributed by atoms with E-state index in [1.54, 1.807) is 30.3 Å². The zero-order valence-corrected chi connectivity index (χ0v) is 20.0. The number of para-hydroxylation sites is 1. The Morgan fingerprint density at radius 3 is 2.61 bits per heavy atom. The molecule has 3 aromatic carbocycles. The van der Waals surface area contributed by atoms with Crippen molar-refractivity contribution >= 4 is 73.7 Å². The van der Waals surface area contributed by atoms with Gasteiger partial charge in [-0.05, 0) is 54.7 Å². The summed E-state index contributed by atoms with van der Waals surface area (Å²) in [6, 6.07) is 16.2. The topological polar surface area (TPSA) is 72.5 Å². The summed E-state index contributed by atoms with van der Waals surface area (Å²) >= 11 is 19.7. The molecule has 1 amide bonds. The average molecular weight is 516 g/mol. The number of hydrogen-bond donors (Lipinski definition) is 2. The number of fused-ring (bicyclic) bond motifs is 2. The molecule has 0 atom stereocenters. The van der Waals surface area contributed by atoms with E-state index in [1.165, 1.54) is 11.3 Å². The first-order chi connectivity index (χ1) is 16.0. The molecule has 0 bridgehead atoms. The number of carbonyl (C=O) groups excluding carboxylic acids is 1.